The minimum atomic E-state index is -5.02. The minimum absolute atomic E-state index is 0.0481. The number of aromatic nitrogens is 1. The lowest BCUT2D eigenvalue weighted by Crippen LogP contribution is -2.38. The van der Waals surface area contributed by atoms with Crippen LogP contribution in [0.4, 0.5) is 23.2 Å². The van der Waals surface area contributed by atoms with Crippen molar-refractivity contribution in [3.05, 3.63) is 65.1 Å². The maximum atomic E-state index is 14.8. The van der Waals surface area contributed by atoms with Crippen LogP contribution in [-0.2, 0) is 32.6 Å². The van der Waals surface area contributed by atoms with Gasteiger partial charge in [-0.2, -0.15) is 13.2 Å². The van der Waals surface area contributed by atoms with Crippen molar-refractivity contribution in [2.45, 2.75) is 57.8 Å². The molecule has 0 radical (unpaired) electrons. The van der Waals surface area contributed by atoms with Gasteiger partial charge in [0, 0.05) is 44.9 Å². The average Bonchev–Trinajstić information content (AvgIpc) is 3.37. The Morgan fingerprint density at radius 3 is 2.50 bits per heavy atom. The molecule has 240 valence electrons. The zero-order chi connectivity index (χ0) is 32.1. The van der Waals surface area contributed by atoms with E-state index in [0.29, 0.717) is 72.1 Å². The number of carbonyl (C=O) groups is 2. The van der Waals surface area contributed by atoms with Crippen molar-refractivity contribution in [1.82, 2.24) is 14.8 Å². The summed E-state index contributed by atoms with van der Waals surface area (Å²) < 4.78 is 87.7. The van der Waals surface area contributed by atoms with E-state index in [1.165, 1.54) is 18.2 Å². The average molecular weight is 641 g/mol. The Kier molecular flexibility index (Phi) is 10.6. The van der Waals surface area contributed by atoms with Crippen molar-refractivity contribution < 1.29 is 40.3 Å². The van der Waals surface area contributed by atoms with Crippen molar-refractivity contribution in [1.29, 1.82) is 0 Å². The van der Waals surface area contributed by atoms with E-state index < -0.39 is 34.5 Å². The molecule has 1 saturated heterocycles. The van der Waals surface area contributed by atoms with Crippen LogP contribution in [-0.4, -0.2) is 68.4 Å². The third-order valence-corrected chi connectivity index (χ3v) is 9.05. The fourth-order valence-corrected chi connectivity index (χ4v) is 6.67. The van der Waals surface area contributed by atoms with Gasteiger partial charge in [-0.1, -0.05) is 31.5 Å². The minimum Gasteiger partial charge on any atom is -0.383 e. The first-order chi connectivity index (χ1) is 20.8. The van der Waals surface area contributed by atoms with Crippen LogP contribution < -0.4 is 10.0 Å². The van der Waals surface area contributed by atoms with E-state index in [0.717, 1.165) is 0 Å². The summed E-state index contributed by atoms with van der Waals surface area (Å²) in [6.07, 6.45) is -1.31. The summed E-state index contributed by atoms with van der Waals surface area (Å²) in [5, 5.41) is 2.28. The van der Waals surface area contributed by atoms with Gasteiger partial charge < -0.3 is 19.5 Å². The van der Waals surface area contributed by atoms with E-state index in [4.69, 9.17) is 4.74 Å². The molecule has 0 spiro atoms. The Labute approximate surface area is 253 Å². The Morgan fingerprint density at radius 2 is 1.84 bits per heavy atom. The number of nitrogens with zero attached hydrogens (tertiary/aromatic N) is 2. The van der Waals surface area contributed by atoms with Crippen molar-refractivity contribution in [3.63, 3.8) is 0 Å². The molecule has 0 bridgehead atoms. The SMILES string of the molecule is CCCCS(=O)(=O)Nc1cccc2c1c(C(=O)N1CCC(c3cc(CNC(=O)C(F)(F)F)ccc3F)CC1)cn2CCOC. The lowest BCUT2D eigenvalue weighted by Gasteiger charge is -2.32. The molecule has 14 heteroatoms. The molecule has 1 fully saturated rings. The molecule has 44 heavy (non-hydrogen) atoms. The molecular formula is C30H36F4N4O5S. The van der Waals surface area contributed by atoms with Crippen molar-refractivity contribution in [2.75, 3.05) is 37.3 Å². The number of fused-ring (bicyclic) bond motifs is 1. The number of hydrogen-bond donors (Lipinski definition) is 2. The molecule has 0 saturated carbocycles. The van der Waals surface area contributed by atoms with Crippen molar-refractivity contribution >= 4 is 38.4 Å². The number of anilines is 1. The summed E-state index contributed by atoms with van der Waals surface area (Å²) in [4.78, 5) is 26.7. The Balaban J connectivity index is 1.54. The number of hydrogen-bond acceptors (Lipinski definition) is 5. The standard InChI is InChI=1S/C30H36F4N4O5S/c1-3-4-16-44(41,42)36-25-6-5-7-26-27(25)23(19-38(26)14-15-43-2)28(39)37-12-10-21(11-13-37)22-17-20(8-9-24(22)31)18-35-29(40)30(32,33)34/h5-9,17,19,21,36H,3-4,10-16,18H2,1-2H3,(H,35,40). The molecule has 3 aromatic rings. The molecule has 1 aliphatic rings. The van der Waals surface area contributed by atoms with Crippen LogP contribution in [0.1, 0.15) is 60.0 Å². The third kappa shape index (κ3) is 7.89. The summed E-state index contributed by atoms with van der Waals surface area (Å²) in [5.41, 5.74) is 1.96. The van der Waals surface area contributed by atoms with Crippen LogP contribution in [0.25, 0.3) is 10.9 Å². The van der Waals surface area contributed by atoms with Gasteiger partial charge in [-0.25, -0.2) is 12.8 Å². The van der Waals surface area contributed by atoms with Gasteiger partial charge in [0.05, 0.1) is 29.1 Å². The number of alkyl halides is 3. The highest BCUT2D eigenvalue weighted by molar-refractivity contribution is 7.92. The molecule has 2 amide bonds. The number of halogens is 4. The number of ether oxygens (including phenoxy) is 1. The van der Waals surface area contributed by atoms with Crippen LogP contribution in [0.2, 0.25) is 0 Å². The van der Waals surface area contributed by atoms with Gasteiger partial charge in [0.1, 0.15) is 5.82 Å². The van der Waals surface area contributed by atoms with Crippen LogP contribution in [0.3, 0.4) is 0 Å². The largest absolute Gasteiger partial charge is 0.471 e. The highest BCUT2D eigenvalue weighted by Crippen LogP contribution is 2.34. The van der Waals surface area contributed by atoms with E-state index in [-0.39, 0.29) is 30.7 Å². The van der Waals surface area contributed by atoms with Gasteiger partial charge in [-0.3, -0.25) is 14.3 Å². The van der Waals surface area contributed by atoms with Crippen LogP contribution in [0.5, 0.6) is 0 Å². The lowest BCUT2D eigenvalue weighted by atomic mass is 9.88. The monoisotopic (exact) mass is 640 g/mol. The smallest absolute Gasteiger partial charge is 0.383 e. The van der Waals surface area contributed by atoms with Crippen LogP contribution >= 0.6 is 0 Å². The Hall–Kier alpha value is -3.65. The Bertz CT molecular complexity index is 1600. The molecule has 4 rings (SSSR count). The maximum Gasteiger partial charge on any atom is 0.471 e. The van der Waals surface area contributed by atoms with E-state index >= 15 is 0 Å². The maximum absolute atomic E-state index is 14.8. The zero-order valence-corrected chi connectivity index (χ0v) is 25.4. The molecule has 9 nitrogen and oxygen atoms in total. The van der Waals surface area contributed by atoms with Crippen molar-refractivity contribution in [3.8, 4) is 0 Å². The summed E-state index contributed by atoms with van der Waals surface area (Å²) in [6, 6.07) is 9.10. The van der Waals surface area contributed by atoms with Crippen LogP contribution in [0, 0.1) is 5.82 Å². The molecule has 1 aromatic heterocycles. The second-order valence-electron chi connectivity index (χ2n) is 10.8. The van der Waals surface area contributed by atoms with Gasteiger partial charge in [-0.15, -0.1) is 0 Å². The molecular weight excluding hydrogens is 604 g/mol. The highest BCUT2D eigenvalue weighted by Gasteiger charge is 2.38. The molecule has 0 aliphatic carbocycles. The summed E-state index contributed by atoms with van der Waals surface area (Å²) in [7, 11) is -2.09. The number of rotatable bonds is 12. The number of likely N-dealkylation sites (tertiary alicyclic amines) is 1. The zero-order valence-electron chi connectivity index (χ0n) is 24.5. The first-order valence-corrected chi connectivity index (χ1v) is 16.0. The first kappa shape index (κ1) is 33.2. The van der Waals surface area contributed by atoms with Crippen LogP contribution in [0.15, 0.2) is 42.6 Å². The number of benzene rings is 2. The summed E-state index contributed by atoms with van der Waals surface area (Å²) >= 11 is 0. The number of nitrogens with one attached hydrogen (secondary N) is 2. The first-order valence-electron chi connectivity index (χ1n) is 14.4. The second-order valence-corrected chi connectivity index (χ2v) is 12.6. The topological polar surface area (TPSA) is 110 Å². The molecule has 1 aliphatic heterocycles. The second kappa shape index (κ2) is 14.0. The number of methoxy groups -OCH3 is 1. The summed E-state index contributed by atoms with van der Waals surface area (Å²) in [6.45, 7) is 2.88. The fourth-order valence-electron chi connectivity index (χ4n) is 5.39. The normalized spacial score (nSPS) is 14.6. The number of amides is 2. The molecule has 2 heterocycles. The van der Waals surface area contributed by atoms with Crippen molar-refractivity contribution in [2.24, 2.45) is 0 Å². The number of piperidine rings is 1. The fraction of sp³-hybridized carbons (Fsp3) is 0.467. The van der Waals surface area contributed by atoms with E-state index in [1.54, 1.807) is 35.7 Å². The quantitative estimate of drug-likeness (QED) is 0.266. The predicted octanol–water partition coefficient (Wildman–Crippen LogP) is 5.17. The van der Waals surface area contributed by atoms with Gasteiger partial charge in [0.15, 0.2) is 0 Å². The van der Waals surface area contributed by atoms with E-state index in [1.807, 2.05) is 17.6 Å². The van der Waals surface area contributed by atoms with Gasteiger partial charge in [0.25, 0.3) is 5.91 Å². The number of carbonyl (C=O) groups excluding carboxylic acids is 2. The lowest BCUT2D eigenvalue weighted by molar-refractivity contribution is -0.173. The third-order valence-electron chi connectivity index (χ3n) is 7.70. The molecule has 2 aromatic carbocycles. The molecule has 2 N–H and O–H groups in total. The summed E-state index contributed by atoms with van der Waals surface area (Å²) in [5.74, 6) is -3.22. The van der Waals surface area contributed by atoms with E-state index in [2.05, 4.69) is 4.72 Å². The molecule has 0 atom stereocenters. The molecule has 0 unspecified atom stereocenters. The Morgan fingerprint density at radius 1 is 1.11 bits per heavy atom. The predicted molar refractivity (Wildman–Crippen MR) is 158 cm³/mol. The van der Waals surface area contributed by atoms with Gasteiger partial charge >= 0.3 is 12.1 Å². The highest BCUT2D eigenvalue weighted by atomic mass is 32.2. The van der Waals surface area contributed by atoms with E-state index in [9.17, 15) is 35.6 Å². The van der Waals surface area contributed by atoms with Gasteiger partial charge in [-0.05, 0) is 54.5 Å². The van der Waals surface area contributed by atoms with Gasteiger partial charge in [0.2, 0.25) is 10.0 Å². The number of sulfonamides is 1. The number of unbranched alkanes of at least 4 members (excludes halogenated alkanes) is 1.